The van der Waals surface area contributed by atoms with E-state index in [0.717, 1.165) is 34.0 Å². The van der Waals surface area contributed by atoms with Gasteiger partial charge >= 0.3 is 0 Å². The van der Waals surface area contributed by atoms with Crippen molar-refractivity contribution in [1.29, 1.82) is 0 Å². The zero-order valence-electron chi connectivity index (χ0n) is 13.6. The molecule has 0 aliphatic carbocycles. The lowest BCUT2D eigenvalue weighted by molar-refractivity contribution is 0.413. The van der Waals surface area contributed by atoms with E-state index in [1.807, 2.05) is 22.8 Å². The highest BCUT2D eigenvalue weighted by molar-refractivity contribution is 5.76. The van der Waals surface area contributed by atoms with Gasteiger partial charge in [-0.15, -0.1) is 0 Å². The number of fused-ring (bicyclic) bond motifs is 5. The van der Waals surface area contributed by atoms with Gasteiger partial charge in [0.25, 0.3) is 5.89 Å². The van der Waals surface area contributed by atoms with Gasteiger partial charge in [-0.25, -0.2) is 4.98 Å². The smallest absolute Gasteiger partial charge is 0.278 e. The lowest BCUT2D eigenvalue weighted by atomic mass is 10.1. The Morgan fingerprint density at radius 2 is 2.16 bits per heavy atom. The molecule has 0 fully saturated rings. The Kier molecular flexibility index (Phi) is 2.81. The van der Waals surface area contributed by atoms with Crippen LogP contribution in [0.1, 0.15) is 17.1 Å². The number of nitrogens with zero attached hydrogens (tertiary/aromatic N) is 5. The van der Waals surface area contributed by atoms with Gasteiger partial charge in [-0.2, -0.15) is 4.98 Å². The lowest BCUT2D eigenvalue weighted by Gasteiger charge is -2.10. The van der Waals surface area contributed by atoms with Gasteiger partial charge in [0.05, 0.1) is 24.7 Å². The fraction of sp³-hybridized carbons (Fsp3) is 0.176. The largest absolute Gasteiger partial charge is 0.497 e. The number of methoxy groups -OCH3 is 1. The van der Waals surface area contributed by atoms with Crippen LogP contribution < -0.4 is 4.74 Å². The van der Waals surface area contributed by atoms with E-state index in [2.05, 4.69) is 20.3 Å². The number of hydrogen-bond donors (Lipinski definition) is 0. The average Bonchev–Trinajstić information content (AvgIpc) is 3.34. The zero-order chi connectivity index (χ0) is 17.0. The van der Waals surface area contributed by atoms with E-state index in [1.54, 1.807) is 26.6 Å². The van der Waals surface area contributed by atoms with Crippen LogP contribution in [0.3, 0.4) is 0 Å². The van der Waals surface area contributed by atoms with Gasteiger partial charge in [0, 0.05) is 17.5 Å². The first-order valence-corrected chi connectivity index (χ1v) is 7.74. The van der Waals surface area contributed by atoms with Crippen molar-refractivity contribution in [3.05, 3.63) is 47.8 Å². The molecule has 25 heavy (non-hydrogen) atoms. The number of imidazole rings is 1. The second-order valence-corrected chi connectivity index (χ2v) is 5.80. The number of aryl methyl sites for hydroxylation is 1. The molecule has 3 aromatic heterocycles. The predicted octanol–water partition coefficient (Wildman–Crippen LogP) is 2.80. The van der Waals surface area contributed by atoms with E-state index < -0.39 is 0 Å². The summed E-state index contributed by atoms with van der Waals surface area (Å²) in [5.41, 5.74) is 4.40. The van der Waals surface area contributed by atoms with E-state index >= 15 is 0 Å². The van der Waals surface area contributed by atoms with Crippen molar-refractivity contribution < 1.29 is 13.8 Å². The average molecular weight is 335 g/mol. The highest BCUT2D eigenvalue weighted by Gasteiger charge is 2.27. The van der Waals surface area contributed by atoms with Crippen molar-refractivity contribution in [2.24, 2.45) is 0 Å². The molecule has 8 nitrogen and oxygen atoms in total. The Morgan fingerprint density at radius 3 is 2.96 bits per heavy atom. The van der Waals surface area contributed by atoms with Crippen LogP contribution in [0.2, 0.25) is 0 Å². The third-order valence-corrected chi connectivity index (χ3v) is 4.31. The number of rotatable bonds is 2. The highest BCUT2D eigenvalue weighted by atomic mass is 16.5. The molecule has 0 amide bonds. The molecule has 5 rings (SSSR count). The van der Waals surface area contributed by atoms with Crippen molar-refractivity contribution in [2.45, 2.75) is 13.3 Å². The van der Waals surface area contributed by atoms with Crippen molar-refractivity contribution in [1.82, 2.24) is 24.8 Å². The summed E-state index contributed by atoms with van der Waals surface area (Å²) in [7, 11) is 1.64. The van der Waals surface area contributed by atoms with Crippen LogP contribution in [0.5, 0.6) is 5.75 Å². The monoisotopic (exact) mass is 335 g/mol. The molecule has 0 saturated carbocycles. The first-order chi connectivity index (χ1) is 12.2. The molecule has 1 aliphatic heterocycles. The van der Waals surface area contributed by atoms with Gasteiger partial charge in [-0.3, -0.25) is 0 Å². The number of hydrogen-bond acceptors (Lipinski definition) is 7. The Hall–Kier alpha value is -3.42. The minimum absolute atomic E-state index is 0.404. The first-order valence-electron chi connectivity index (χ1n) is 7.74. The van der Waals surface area contributed by atoms with Crippen LogP contribution in [0, 0.1) is 6.92 Å². The van der Waals surface area contributed by atoms with Crippen molar-refractivity contribution in [2.75, 3.05) is 7.11 Å². The Bertz CT molecular complexity index is 1090. The summed E-state index contributed by atoms with van der Waals surface area (Å²) >= 11 is 0. The van der Waals surface area contributed by atoms with Crippen molar-refractivity contribution >= 4 is 0 Å². The molecule has 4 heterocycles. The van der Waals surface area contributed by atoms with E-state index in [-0.39, 0.29) is 0 Å². The molecule has 124 valence electrons. The summed E-state index contributed by atoms with van der Waals surface area (Å²) in [4.78, 5) is 8.81. The van der Waals surface area contributed by atoms with Gasteiger partial charge in [0.1, 0.15) is 12.1 Å². The van der Waals surface area contributed by atoms with Crippen LogP contribution in [0.15, 0.2) is 39.8 Å². The molecule has 0 atom stereocenters. The molecular weight excluding hydrogens is 322 g/mol. The first kappa shape index (κ1) is 14.0. The molecular formula is C17H13N5O3. The third-order valence-electron chi connectivity index (χ3n) is 4.31. The van der Waals surface area contributed by atoms with Gasteiger partial charge in [0.2, 0.25) is 0 Å². The van der Waals surface area contributed by atoms with E-state index in [1.165, 1.54) is 0 Å². The Balaban J connectivity index is 1.79. The summed E-state index contributed by atoms with van der Waals surface area (Å²) in [5, 5.41) is 7.83. The number of benzene rings is 1. The second-order valence-electron chi connectivity index (χ2n) is 5.80. The van der Waals surface area contributed by atoms with Crippen LogP contribution in [0.25, 0.3) is 28.6 Å². The van der Waals surface area contributed by atoms with Gasteiger partial charge in [-0.1, -0.05) is 10.3 Å². The summed E-state index contributed by atoms with van der Waals surface area (Å²) < 4.78 is 18.2. The highest BCUT2D eigenvalue weighted by Crippen LogP contribution is 2.39. The Labute approximate surface area is 142 Å². The summed E-state index contributed by atoms with van der Waals surface area (Å²) in [6.07, 6.45) is 4.07. The third kappa shape index (κ3) is 2.00. The zero-order valence-corrected chi connectivity index (χ0v) is 13.6. The standard InChI is InChI=1S/C17H13N5O3/c1-9-20-17(25-21-9)15-14-5-10-7-19-24-16(10)12-6-11(23-2)3-4-13(12)22(14)8-18-15/h3-4,6-8H,5H2,1-2H3. The van der Waals surface area contributed by atoms with Crippen LogP contribution in [0.4, 0.5) is 0 Å². The maximum atomic E-state index is 5.52. The topological polar surface area (TPSA) is 92.0 Å². The second kappa shape index (κ2) is 5.04. The SMILES string of the molecule is COc1ccc2c(c1)-c1oncc1Cc1c(-c3nc(C)no3)ncn1-2. The Morgan fingerprint density at radius 1 is 1.24 bits per heavy atom. The molecule has 0 unspecified atom stereocenters. The summed E-state index contributed by atoms with van der Waals surface area (Å²) in [5.74, 6) is 2.45. The molecule has 0 spiro atoms. The normalized spacial score (nSPS) is 12.2. The molecule has 1 aliphatic rings. The molecule has 1 aromatic carbocycles. The minimum Gasteiger partial charge on any atom is -0.497 e. The minimum atomic E-state index is 0.404. The van der Waals surface area contributed by atoms with Crippen molar-refractivity contribution in [3.63, 3.8) is 0 Å². The summed E-state index contributed by atoms with van der Waals surface area (Å²) in [6.45, 7) is 1.78. The molecule has 0 N–H and O–H groups in total. The van der Waals surface area contributed by atoms with Crippen LogP contribution in [-0.4, -0.2) is 32.0 Å². The molecule has 0 saturated heterocycles. The fourth-order valence-electron chi connectivity index (χ4n) is 3.14. The van der Waals surface area contributed by atoms with Crippen LogP contribution in [-0.2, 0) is 6.42 Å². The molecule has 0 radical (unpaired) electrons. The fourth-order valence-corrected chi connectivity index (χ4v) is 3.14. The number of aromatic nitrogens is 5. The van der Waals surface area contributed by atoms with Gasteiger partial charge < -0.3 is 18.4 Å². The van der Waals surface area contributed by atoms with Gasteiger partial charge in [-0.05, 0) is 25.1 Å². The summed E-state index contributed by atoms with van der Waals surface area (Å²) in [6, 6.07) is 5.81. The van der Waals surface area contributed by atoms with E-state index in [4.69, 9.17) is 13.8 Å². The maximum Gasteiger partial charge on any atom is 0.278 e. The quantitative estimate of drug-likeness (QED) is 0.490. The predicted molar refractivity (Wildman–Crippen MR) is 86.4 cm³/mol. The molecule has 0 bridgehead atoms. The number of ether oxygens (including phenoxy) is 1. The van der Waals surface area contributed by atoms with E-state index in [9.17, 15) is 0 Å². The van der Waals surface area contributed by atoms with Crippen LogP contribution >= 0.6 is 0 Å². The maximum absolute atomic E-state index is 5.52. The lowest BCUT2D eigenvalue weighted by Crippen LogP contribution is -2.00. The molecule has 8 heteroatoms. The van der Waals surface area contributed by atoms with Crippen molar-refractivity contribution in [3.8, 4) is 34.3 Å². The molecule has 4 aromatic rings. The van der Waals surface area contributed by atoms with E-state index in [0.29, 0.717) is 23.8 Å². The van der Waals surface area contributed by atoms with Gasteiger partial charge in [0.15, 0.2) is 17.3 Å².